The van der Waals surface area contributed by atoms with Crippen LogP contribution in [0.2, 0.25) is 5.02 Å². The minimum Gasteiger partial charge on any atom is -0.507 e. The summed E-state index contributed by atoms with van der Waals surface area (Å²) in [5.74, 6) is -1.82. The van der Waals surface area contributed by atoms with Crippen LogP contribution in [0.1, 0.15) is 66.1 Å². The lowest BCUT2D eigenvalue weighted by molar-refractivity contribution is -0.132. The molecule has 1 N–H and O–H groups in total. The van der Waals surface area contributed by atoms with Gasteiger partial charge in [0.1, 0.15) is 16.4 Å². The van der Waals surface area contributed by atoms with Crippen molar-refractivity contribution < 1.29 is 29.0 Å². The van der Waals surface area contributed by atoms with Crippen LogP contribution in [0, 0.1) is 12.8 Å². The molecule has 2 aromatic carbocycles. The summed E-state index contributed by atoms with van der Waals surface area (Å²) in [5.41, 5.74) is 1.18. The molecule has 1 atom stereocenters. The van der Waals surface area contributed by atoms with Crippen molar-refractivity contribution in [2.24, 2.45) is 5.92 Å². The van der Waals surface area contributed by atoms with Crippen molar-refractivity contribution in [3.8, 4) is 5.75 Å². The monoisotopic (exact) mass is 582 g/mol. The summed E-state index contributed by atoms with van der Waals surface area (Å²) < 4.78 is 11.1. The third-order valence-electron chi connectivity index (χ3n) is 6.25. The molecule has 1 amide bonds. The predicted octanol–water partition coefficient (Wildman–Crippen LogP) is 6.72. The summed E-state index contributed by atoms with van der Waals surface area (Å²) in [7, 11) is 0. The molecular formula is C30H31ClN2O6S. The van der Waals surface area contributed by atoms with Crippen LogP contribution in [0.15, 0.2) is 54.1 Å². The van der Waals surface area contributed by atoms with Crippen molar-refractivity contribution in [1.82, 2.24) is 4.98 Å². The highest BCUT2D eigenvalue weighted by Crippen LogP contribution is 2.44. The smallest absolute Gasteiger partial charge is 0.350 e. The molecule has 1 saturated heterocycles. The number of thiazole rings is 1. The molecule has 40 heavy (non-hydrogen) atoms. The lowest BCUT2D eigenvalue weighted by Gasteiger charge is -2.23. The quantitative estimate of drug-likeness (QED) is 0.0929. The number of anilines is 1. The number of carbonyl (C=O) groups is 3. The first-order chi connectivity index (χ1) is 19.1. The van der Waals surface area contributed by atoms with Crippen molar-refractivity contribution >= 4 is 51.5 Å². The number of carbonyl (C=O) groups excluding carboxylic acids is 3. The summed E-state index contributed by atoms with van der Waals surface area (Å²) in [5, 5.41) is 12.0. The number of aromatic nitrogens is 1. The Labute approximate surface area is 242 Å². The zero-order valence-corrected chi connectivity index (χ0v) is 24.3. The summed E-state index contributed by atoms with van der Waals surface area (Å²) in [6.45, 7) is 8.38. The van der Waals surface area contributed by atoms with Crippen LogP contribution in [0.4, 0.5) is 5.13 Å². The van der Waals surface area contributed by atoms with Gasteiger partial charge in [0.05, 0.1) is 30.5 Å². The minimum atomic E-state index is -0.997. The van der Waals surface area contributed by atoms with Gasteiger partial charge < -0.3 is 14.6 Å². The number of ether oxygens (including phenoxy) is 2. The van der Waals surface area contributed by atoms with Crippen LogP contribution >= 0.6 is 22.9 Å². The van der Waals surface area contributed by atoms with E-state index in [4.69, 9.17) is 21.1 Å². The molecule has 0 bridgehead atoms. The topological polar surface area (TPSA) is 106 Å². The molecule has 2 heterocycles. The molecule has 0 saturated carbocycles. The molecule has 1 aromatic heterocycles. The molecule has 0 radical (unpaired) electrons. The Kier molecular flexibility index (Phi) is 9.27. The van der Waals surface area contributed by atoms with Gasteiger partial charge in [-0.15, -0.1) is 0 Å². The molecule has 0 unspecified atom stereocenters. The van der Waals surface area contributed by atoms with Gasteiger partial charge in [-0.1, -0.05) is 62.3 Å². The van der Waals surface area contributed by atoms with E-state index < -0.39 is 23.7 Å². The van der Waals surface area contributed by atoms with Gasteiger partial charge in [0, 0.05) is 10.6 Å². The fourth-order valence-corrected chi connectivity index (χ4v) is 5.29. The van der Waals surface area contributed by atoms with E-state index in [1.165, 1.54) is 4.90 Å². The fraction of sp³-hybridized carbons (Fsp3) is 0.333. The number of rotatable bonds is 10. The first-order valence-electron chi connectivity index (χ1n) is 13.1. The van der Waals surface area contributed by atoms with Crippen molar-refractivity contribution in [3.63, 3.8) is 0 Å². The van der Waals surface area contributed by atoms with E-state index in [0.717, 1.165) is 24.2 Å². The number of ketones is 1. The molecule has 1 fully saturated rings. The Morgan fingerprint density at radius 1 is 1.12 bits per heavy atom. The molecule has 8 nitrogen and oxygen atoms in total. The van der Waals surface area contributed by atoms with E-state index in [2.05, 4.69) is 11.9 Å². The predicted molar refractivity (Wildman–Crippen MR) is 155 cm³/mol. The van der Waals surface area contributed by atoms with Gasteiger partial charge in [-0.05, 0) is 61.2 Å². The highest BCUT2D eigenvalue weighted by Gasteiger charge is 2.48. The Morgan fingerprint density at radius 2 is 1.80 bits per heavy atom. The maximum absolute atomic E-state index is 13.4. The van der Waals surface area contributed by atoms with Gasteiger partial charge in [0.15, 0.2) is 5.13 Å². The average Bonchev–Trinajstić information content (AvgIpc) is 3.44. The number of hydrogen-bond acceptors (Lipinski definition) is 8. The van der Waals surface area contributed by atoms with E-state index >= 15 is 0 Å². The summed E-state index contributed by atoms with van der Waals surface area (Å²) in [6.07, 6.45) is 1.92. The molecule has 0 aliphatic carbocycles. The van der Waals surface area contributed by atoms with Crippen LogP contribution in [-0.2, 0) is 14.3 Å². The van der Waals surface area contributed by atoms with Crippen molar-refractivity contribution in [2.45, 2.75) is 46.6 Å². The molecule has 1 aliphatic rings. The highest BCUT2D eigenvalue weighted by atomic mass is 35.5. The van der Waals surface area contributed by atoms with E-state index in [-0.39, 0.29) is 33.9 Å². The van der Waals surface area contributed by atoms with Crippen molar-refractivity contribution in [3.05, 3.63) is 80.8 Å². The standard InChI is InChI=1S/C30H31ClN2O6S/c1-5-6-15-38-22-13-9-20(10-14-22)25(34)23-24(19-7-11-21(31)12-8-19)33(28(36)26(23)35)30-32-18(4)27(40-30)29(37)39-16-17(2)3/h7-14,17,24,34H,5-6,15-16H2,1-4H3/t24-/m1/s1. The van der Waals surface area contributed by atoms with Crippen LogP contribution in [0.25, 0.3) is 5.76 Å². The summed E-state index contributed by atoms with van der Waals surface area (Å²) in [6, 6.07) is 12.3. The minimum absolute atomic E-state index is 0.0937. The molecule has 4 rings (SSSR count). The maximum atomic E-state index is 13.4. The fourth-order valence-electron chi connectivity index (χ4n) is 4.17. The van der Waals surface area contributed by atoms with E-state index in [1.54, 1.807) is 55.5 Å². The second-order valence-corrected chi connectivity index (χ2v) is 11.3. The molecule has 10 heteroatoms. The third kappa shape index (κ3) is 6.21. The Balaban J connectivity index is 1.77. The van der Waals surface area contributed by atoms with Crippen LogP contribution in [0.5, 0.6) is 5.75 Å². The number of Topliss-reactive ketones (excluding diaryl/α,β-unsaturated/α-hetero) is 1. The number of unbranched alkanes of at least 4 members (excludes halogenated alkanes) is 1. The normalized spacial score (nSPS) is 16.6. The second-order valence-electron chi connectivity index (χ2n) is 9.85. The number of halogens is 1. The molecule has 3 aromatic rings. The number of aryl methyl sites for hydroxylation is 1. The van der Waals surface area contributed by atoms with E-state index in [9.17, 15) is 19.5 Å². The summed E-state index contributed by atoms with van der Waals surface area (Å²) in [4.78, 5) is 45.5. The lowest BCUT2D eigenvalue weighted by Crippen LogP contribution is -2.29. The number of hydrogen-bond donors (Lipinski definition) is 1. The Bertz CT molecular complexity index is 1430. The SMILES string of the molecule is CCCCOc1ccc(C(O)=C2C(=O)C(=O)N(c3nc(C)c(C(=O)OCC(C)C)s3)[C@@H]2c2ccc(Cl)cc2)cc1. The molecule has 210 valence electrons. The van der Waals surface area contributed by atoms with E-state index in [1.807, 2.05) is 13.8 Å². The first-order valence-corrected chi connectivity index (χ1v) is 14.3. The largest absolute Gasteiger partial charge is 0.507 e. The van der Waals surface area contributed by atoms with Gasteiger partial charge >= 0.3 is 11.9 Å². The summed E-state index contributed by atoms with van der Waals surface area (Å²) >= 11 is 7.08. The zero-order valence-electron chi connectivity index (χ0n) is 22.8. The van der Waals surface area contributed by atoms with Gasteiger partial charge in [-0.25, -0.2) is 9.78 Å². The van der Waals surface area contributed by atoms with Crippen LogP contribution in [-0.4, -0.2) is 41.0 Å². The van der Waals surface area contributed by atoms with E-state index in [0.29, 0.717) is 34.2 Å². The zero-order chi connectivity index (χ0) is 29.0. The van der Waals surface area contributed by atoms with Gasteiger partial charge in [-0.3, -0.25) is 14.5 Å². The van der Waals surface area contributed by atoms with Crippen LogP contribution < -0.4 is 9.64 Å². The number of aliphatic hydroxyl groups is 1. The number of nitrogens with zero attached hydrogens (tertiary/aromatic N) is 2. The van der Waals surface area contributed by atoms with Crippen molar-refractivity contribution in [1.29, 1.82) is 0 Å². The number of amides is 1. The third-order valence-corrected chi connectivity index (χ3v) is 7.64. The number of benzene rings is 2. The van der Waals surface area contributed by atoms with Gasteiger partial charge in [0.2, 0.25) is 0 Å². The lowest BCUT2D eigenvalue weighted by atomic mass is 9.95. The highest BCUT2D eigenvalue weighted by molar-refractivity contribution is 7.17. The Hall–Kier alpha value is -3.69. The first kappa shape index (κ1) is 29.3. The Morgan fingerprint density at radius 3 is 2.42 bits per heavy atom. The second kappa shape index (κ2) is 12.7. The molecule has 0 spiro atoms. The van der Waals surface area contributed by atoms with Crippen molar-refractivity contribution in [2.75, 3.05) is 18.1 Å². The molecular weight excluding hydrogens is 552 g/mol. The maximum Gasteiger partial charge on any atom is 0.350 e. The number of esters is 1. The average molecular weight is 583 g/mol. The molecule has 1 aliphatic heterocycles. The van der Waals surface area contributed by atoms with Crippen LogP contribution in [0.3, 0.4) is 0 Å². The van der Waals surface area contributed by atoms with Gasteiger partial charge in [0.25, 0.3) is 5.78 Å². The number of aliphatic hydroxyl groups excluding tert-OH is 1. The van der Waals surface area contributed by atoms with Gasteiger partial charge in [-0.2, -0.15) is 0 Å².